The number of esters is 1. The molecule has 0 aliphatic rings. The molecule has 6 nitrogen and oxygen atoms in total. The monoisotopic (exact) mass is 367 g/mol. The number of thioether (sulfide) groups is 1. The molecule has 1 aromatic carbocycles. The van der Waals surface area contributed by atoms with Crippen molar-refractivity contribution in [2.75, 3.05) is 39.3 Å². The molecule has 0 radical (unpaired) electrons. The Hall–Kier alpha value is -1.89. The van der Waals surface area contributed by atoms with Gasteiger partial charge < -0.3 is 20.1 Å². The van der Waals surface area contributed by atoms with E-state index in [4.69, 9.17) is 9.47 Å². The maximum absolute atomic E-state index is 11.8. The van der Waals surface area contributed by atoms with Crippen LogP contribution in [0.25, 0.3) is 0 Å². The van der Waals surface area contributed by atoms with Gasteiger partial charge in [0.15, 0.2) is 5.96 Å². The van der Waals surface area contributed by atoms with Gasteiger partial charge in [0.1, 0.15) is 11.3 Å². The molecule has 0 aliphatic carbocycles. The second-order valence-corrected chi connectivity index (χ2v) is 6.33. The van der Waals surface area contributed by atoms with Gasteiger partial charge in [-0.3, -0.25) is 0 Å². The first-order valence-electron chi connectivity index (χ1n) is 8.42. The Morgan fingerprint density at radius 1 is 1.24 bits per heavy atom. The van der Waals surface area contributed by atoms with Crippen LogP contribution in [0, 0.1) is 0 Å². The lowest BCUT2D eigenvalue weighted by Gasteiger charge is -2.12. The van der Waals surface area contributed by atoms with Crippen molar-refractivity contribution in [1.29, 1.82) is 0 Å². The lowest BCUT2D eigenvalue weighted by atomic mass is 10.1. The van der Waals surface area contributed by atoms with E-state index < -0.39 is 5.97 Å². The number of nitrogens with one attached hydrogen (secondary N) is 2. The minimum absolute atomic E-state index is 0.410. The summed E-state index contributed by atoms with van der Waals surface area (Å²) in [5.41, 5.74) is 1.33. The van der Waals surface area contributed by atoms with Gasteiger partial charge in [-0.1, -0.05) is 6.07 Å². The van der Waals surface area contributed by atoms with E-state index in [9.17, 15) is 4.79 Å². The maximum Gasteiger partial charge on any atom is 0.341 e. The molecule has 0 amide bonds. The van der Waals surface area contributed by atoms with Crippen LogP contribution in [0.15, 0.2) is 23.2 Å². The molecule has 0 bridgehead atoms. The zero-order valence-corrected chi connectivity index (χ0v) is 16.4. The van der Waals surface area contributed by atoms with E-state index in [1.165, 1.54) is 26.4 Å². The highest BCUT2D eigenvalue weighted by Gasteiger charge is 2.13. The Labute approximate surface area is 154 Å². The molecule has 7 heteroatoms. The van der Waals surface area contributed by atoms with Crippen molar-refractivity contribution in [1.82, 2.24) is 10.6 Å². The molecular weight excluding hydrogens is 338 g/mol. The lowest BCUT2D eigenvalue weighted by Crippen LogP contribution is -2.37. The van der Waals surface area contributed by atoms with Crippen molar-refractivity contribution < 1.29 is 14.3 Å². The van der Waals surface area contributed by atoms with Gasteiger partial charge in [-0.15, -0.1) is 0 Å². The van der Waals surface area contributed by atoms with Crippen molar-refractivity contribution in [2.45, 2.75) is 26.3 Å². The van der Waals surface area contributed by atoms with Gasteiger partial charge in [-0.2, -0.15) is 11.8 Å². The summed E-state index contributed by atoms with van der Waals surface area (Å²) in [6.45, 7) is 4.19. The minimum Gasteiger partial charge on any atom is -0.496 e. The number of carbonyl (C=O) groups is 1. The molecule has 140 valence electrons. The Kier molecular flexibility index (Phi) is 10.6. The molecule has 0 unspecified atom stereocenters. The van der Waals surface area contributed by atoms with Gasteiger partial charge in [0.05, 0.1) is 20.8 Å². The number of methoxy groups -OCH3 is 2. The van der Waals surface area contributed by atoms with Crippen LogP contribution in [-0.4, -0.2) is 51.2 Å². The second-order valence-electron chi connectivity index (χ2n) is 5.35. The normalized spacial score (nSPS) is 11.1. The third-order valence-electron chi connectivity index (χ3n) is 3.50. The zero-order valence-electron chi connectivity index (χ0n) is 15.6. The summed E-state index contributed by atoms with van der Waals surface area (Å²) in [6.07, 6.45) is 4.42. The quantitative estimate of drug-likeness (QED) is 0.287. The first-order chi connectivity index (χ1) is 12.2. The molecule has 0 saturated carbocycles. The molecule has 2 N–H and O–H groups in total. The Bertz CT molecular complexity index is 564. The summed E-state index contributed by atoms with van der Waals surface area (Å²) >= 11 is 1.87. The first-order valence-corrected chi connectivity index (χ1v) is 9.82. The van der Waals surface area contributed by atoms with Crippen LogP contribution >= 0.6 is 11.8 Å². The summed E-state index contributed by atoms with van der Waals surface area (Å²) in [5, 5.41) is 6.57. The van der Waals surface area contributed by atoms with Gasteiger partial charge in [0.2, 0.25) is 0 Å². The maximum atomic E-state index is 11.8. The van der Waals surface area contributed by atoms with Gasteiger partial charge in [0, 0.05) is 13.1 Å². The number of aliphatic imine (C=N–C) groups is 1. The van der Waals surface area contributed by atoms with Crippen molar-refractivity contribution >= 4 is 23.7 Å². The Balaban J connectivity index is 2.72. The number of nitrogens with zero attached hydrogens (tertiary/aromatic N) is 1. The summed E-state index contributed by atoms with van der Waals surface area (Å²) in [7, 11) is 2.89. The summed E-state index contributed by atoms with van der Waals surface area (Å²) < 4.78 is 10.0. The van der Waals surface area contributed by atoms with Crippen LogP contribution in [0.3, 0.4) is 0 Å². The number of hydrogen-bond acceptors (Lipinski definition) is 5. The first kappa shape index (κ1) is 21.2. The largest absolute Gasteiger partial charge is 0.496 e. The minimum atomic E-state index is -0.415. The smallest absolute Gasteiger partial charge is 0.341 e. The molecule has 0 spiro atoms. The number of hydrogen-bond donors (Lipinski definition) is 2. The summed E-state index contributed by atoms with van der Waals surface area (Å²) in [4.78, 5) is 16.4. The van der Waals surface area contributed by atoms with E-state index in [1.807, 2.05) is 24.8 Å². The SMILES string of the molecule is CCNC(=NCc1ccc(OC)c(C(=O)OC)c1)NCCCCSC. The predicted octanol–water partition coefficient (Wildman–Crippen LogP) is 2.68. The van der Waals surface area contributed by atoms with Crippen LogP contribution in [0.4, 0.5) is 0 Å². The molecule has 0 atom stereocenters. The summed E-state index contributed by atoms with van der Waals surface area (Å²) in [5.74, 6) is 2.04. The number of unbranched alkanes of at least 4 members (excludes halogenated alkanes) is 1. The van der Waals surface area contributed by atoms with E-state index in [-0.39, 0.29) is 0 Å². The van der Waals surface area contributed by atoms with Gasteiger partial charge >= 0.3 is 5.97 Å². The van der Waals surface area contributed by atoms with E-state index in [0.29, 0.717) is 17.9 Å². The molecule has 1 rings (SSSR count). The molecule has 0 aromatic heterocycles. The van der Waals surface area contributed by atoms with Gasteiger partial charge in [0.25, 0.3) is 0 Å². The van der Waals surface area contributed by atoms with Gasteiger partial charge in [-0.25, -0.2) is 9.79 Å². The topological polar surface area (TPSA) is 72.0 Å². The van der Waals surface area contributed by atoms with Crippen molar-refractivity contribution in [3.05, 3.63) is 29.3 Å². The zero-order chi connectivity index (χ0) is 18.5. The van der Waals surface area contributed by atoms with Crippen LogP contribution in [0.1, 0.15) is 35.7 Å². The van der Waals surface area contributed by atoms with Crippen LogP contribution in [0.2, 0.25) is 0 Å². The lowest BCUT2D eigenvalue weighted by molar-refractivity contribution is 0.0597. The van der Waals surface area contributed by atoms with E-state index in [1.54, 1.807) is 12.1 Å². The number of rotatable bonds is 10. The number of benzene rings is 1. The third-order valence-corrected chi connectivity index (χ3v) is 4.20. The third kappa shape index (κ3) is 7.69. The van der Waals surface area contributed by atoms with Crippen molar-refractivity contribution in [3.8, 4) is 5.75 Å². The Morgan fingerprint density at radius 2 is 2.04 bits per heavy atom. The highest BCUT2D eigenvalue weighted by molar-refractivity contribution is 7.98. The molecule has 0 heterocycles. The molecule has 25 heavy (non-hydrogen) atoms. The average molecular weight is 368 g/mol. The second kappa shape index (κ2) is 12.5. The molecule has 0 fully saturated rings. The molecule has 1 aromatic rings. The highest BCUT2D eigenvalue weighted by Crippen LogP contribution is 2.21. The highest BCUT2D eigenvalue weighted by atomic mass is 32.2. The molecular formula is C18H29N3O3S. The fourth-order valence-electron chi connectivity index (χ4n) is 2.21. The Morgan fingerprint density at radius 3 is 2.68 bits per heavy atom. The van der Waals surface area contributed by atoms with E-state index in [0.717, 1.165) is 31.0 Å². The average Bonchev–Trinajstić information content (AvgIpc) is 2.64. The standard InChI is InChI=1S/C18H29N3O3S/c1-5-19-18(20-10-6-7-11-25-4)21-13-14-8-9-16(23-2)15(12-14)17(22)24-3/h8-9,12H,5-7,10-11,13H2,1-4H3,(H2,19,20,21). The molecule has 0 aliphatic heterocycles. The van der Waals surface area contributed by atoms with Crippen molar-refractivity contribution in [2.24, 2.45) is 4.99 Å². The van der Waals surface area contributed by atoms with Gasteiger partial charge in [-0.05, 0) is 49.5 Å². The van der Waals surface area contributed by atoms with E-state index >= 15 is 0 Å². The predicted molar refractivity (Wildman–Crippen MR) is 105 cm³/mol. The number of guanidine groups is 1. The van der Waals surface area contributed by atoms with Crippen LogP contribution < -0.4 is 15.4 Å². The number of ether oxygens (including phenoxy) is 2. The van der Waals surface area contributed by atoms with Crippen LogP contribution in [0.5, 0.6) is 5.75 Å². The fraction of sp³-hybridized carbons (Fsp3) is 0.556. The molecule has 0 saturated heterocycles. The van der Waals surface area contributed by atoms with Crippen molar-refractivity contribution in [3.63, 3.8) is 0 Å². The van der Waals surface area contributed by atoms with Crippen LogP contribution in [-0.2, 0) is 11.3 Å². The number of carbonyl (C=O) groups excluding carboxylic acids is 1. The van der Waals surface area contributed by atoms with E-state index in [2.05, 4.69) is 21.9 Å². The summed E-state index contributed by atoms with van der Waals surface area (Å²) in [6, 6.07) is 5.42. The fourth-order valence-corrected chi connectivity index (χ4v) is 2.71.